The van der Waals surface area contributed by atoms with E-state index in [0.29, 0.717) is 0 Å². The molecule has 1 rings (SSSR count). The van der Waals surface area contributed by atoms with Crippen molar-refractivity contribution in [3.8, 4) is 5.88 Å². The van der Waals surface area contributed by atoms with E-state index < -0.39 is 24.8 Å². The molecule has 0 saturated carbocycles. The zero-order chi connectivity index (χ0) is 10.6. The first kappa shape index (κ1) is 10.6. The minimum absolute atomic E-state index is 0.350. The molecule has 1 heterocycles. The number of rotatable bonds is 3. The summed E-state index contributed by atoms with van der Waals surface area (Å²) < 4.78 is 39.6. The van der Waals surface area contributed by atoms with Crippen molar-refractivity contribution in [1.82, 2.24) is 9.97 Å². The van der Waals surface area contributed by atoms with Crippen molar-refractivity contribution in [2.75, 3.05) is 6.61 Å². The Bertz CT molecular complexity index is 347. The highest BCUT2D eigenvalue weighted by atomic mass is 19.4. The fourth-order valence-electron chi connectivity index (χ4n) is 0.705. The summed E-state index contributed by atoms with van der Waals surface area (Å²) >= 11 is 0. The van der Waals surface area contributed by atoms with Crippen LogP contribution in [0.15, 0.2) is 17.2 Å². The summed E-state index contributed by atoms with van der Waals surface area (Å²) in [6.07, 6.45) is -2.91. The Morgan fingerprint density at radius 1 is 1.50 bits per heavy atom. The summed E-state index contributed by atoms with van der Waals surface area (Å²) in [5, 5.41) is 0. The lowest BCUT2D eigenvalue weighted by atomic mass is 10.4. The molecule has 0 atom stereocenters. The van der Waals surface area contributed by atoms with Crippen LogP contribution in [0.5, 0.6) is 5.88 Å². The topological polar surface area (TPSA) is 55.0 Å². The van der Waals surface area contributed by atoms with Crippen LogP contribution >= 0.6 is 0 Å². The quantitative estimate of drug-likeness (QED) is 0.809. The van der Waals surface area contributed by atoms with Gasteiger partial charge >= 0.3 is 11.7 Å². The lowest BCUT2D eigenvalue weighted by Gasteiger charge is -2.06. The molecule has 7 heteroatoms. The van der Waals surface area contributed by atoms with Crippen LogP contribution in [0.3, 0.4) is 0 Å². The third-order valence-corrected chi connectivity index (χ3v) is 1.30. The smallest absolute Gasteiger partial charge is 0.392 e. The van der Waals surface area contributed by atoms with Gasteiger partial charge in [0.05, 0.1) is 13.0 Å². The van der Waals surface area contributed by atoms with Gasteiger partial charge in [0.2, 0.25) is 0 Å². The highest BCUT2D eigenvalue weighted by Crippen LogP contribution is 2.18. The van der Waals surface area contributed by atoms with Crippen LogP contribution in [0.25, 0.3) is 0 Å². The number of aromatic amines is 1. The first-order chi connectivity index (χ1) is 6.49. The molecule has 78 valence electrons. The minimum atomic E-state index is -4.29. The minimum Gasteiger partial charge on any atom is -0.473 e. The molecule has 0 radical (unpaired) electrons. The number of aromatic nitrogens is 2. The van der Waals surface area contributed by atoms with Gasteiger partial charge in [-0.05, 0) is 0 Å². The molecule has 14 heavy (non-hydrogen) atoms. The zero-order valence-electron chi connectivity index (χ0n) is 6.97. The van der Waals surface area contributed by atoms with Crippen LogP contribution in [0.2, 0.25) is 0 Å². The summed E-state index contributed by atoms with van der Waals surface area (Å²) in [5.41, 5.74) is -0.644. The van der Waals surface area contributed by atoms with E-state index in [1.54, 1.807) is 0 Å². The van der Waals surface area contributed by atoms with Gasteiger partial charge in [-0.25, -0.2) is 4.98 Å². The number of halogens is 3. The van der Waals surface area contributed by atoms with Crippen LogP contribution < -0.4 is 10.3 Å². The largest absolute Gasteiger partial charge is 0.473 e. The van der Waals surface area contributed by atoms with Crippen molar-refractivity contribution < 1.29 is 17.9 Å². The summed E-state index contributed by atoms with van der Waals surface area (Å²) in [5.74, 6) is -0.350. The molecule has 1 N–H and O–H groups in total. The van der Waals surface area contributed by atoms with E-state index in [4.69, 9.17) is 0 Å². The van der Waals surface area contributed by atoms with Crippen LogP contribution in [0.4, 0.5) is 13.2 Å². The molecule has 0 amide bonds. The van der Waals surface area contributed by atoms with Crippen molar-refractivity contribution in [2.24, 2.45) is 0 Å². The molecule has 0 aliphatic heterocycles. The number of ether oxygens (including phenoxy) is 1. The van der Waals surface area contributed by atoms with Gasteiger partial charge in [0.15, 0.2) is 0 Å². The maximum Gasteiger partial charge on any atom is 0.392 e. The lowest BCUT2D eigenvalue weighted by molar-refractivity contribution is -0.139. The van der Waals surface area contributed by atoms with Crippen molar-refractivity contribution in [1.29, 1.82) is 0 Å². The Morgan fingerprint density at radius 2 is 2.21 bits per heavy atom. The molecule has 1 aromatic heterocycles. The maximum absolute atomic E-state index is 11.7. The molecule has 0 aromatic carbocycles. The number of H-pyrrole nitrogens is 1. The third-order valence-electron chi connectivity index (χ3n) is 1.30. The van der Waals surface area contributed by atoms with E-state index in [1.807, 2.05) is 0 Å². The predicted octanol–water partition coefficient (Wildman–Crippen LogP) is 1.10. The predicted molar refractivity (Wildman–Crippen MR) is 41.0 cm³/mol. The van der Waals surface area contributed by atoms with Crippen molar-refractivity contribution in [3.63, 3.8) is 0 Å². The molecule has 4 nitrogen and oxygen atoms in total. The molecule has 0 bridgehead atoms. The average molecular weight is 208 g/mol. The van der Waals surface area contributed by atoms with Crippen LogP contribution in [0, 0.1) is 0 Å². The second-order valence-electron chi connectivity index (χ2n) is 2.44. The van der Waals surface area contributed by atoms with Gasteiger partial charge in [0.25, 0.3) is 5.88 Å². The summed E-state index contributed by atoms with van der Waals surface area (Å²) in [7, 11) is 0. The first-order valence-electron chi connectivity index (χ1n) is 3.72. The molecule has 1 aromatic rings. The summed E-state index contributed by atoms with van der Waals surface area (Å²) in [6.45, 7) is -0.608. The third kappa shape index (κ3) is 3.46. The summed E-state index contributed by atoms with van der Waals surface area (Å²) in [4.78, 5) is 16.5. The Kier molecular flexibility index (Phi) is 3.10. The Hall–Kier alpha value is -1.53. The van der Waals surface area contributed by atoms with Crippen molar-refractivity contribution in [3.05, 3.63) is 22.7 Å². The number of nitrogens with one attached hydrogen (secondary N) is 1. The summed E-state index contributed by atoms with van der Waals surface area (Å²) in [6, 6.07) is 0. The van der Waals surface area contributed by atoms with Gasteiger partial charge in [-0.1, -0.05) is 0 Å². The molecule has 0 saturated heterocycles. The Labute approximate surface area is 76.7 Å². The van der Waals surface area contributed by atoms with Gasteiger partial charge in [-0.2, -0.15) is 13.2 Å². The maximum atomic E-state index is 11.7. The Balaban J connectivity index is 2.47. The molecule has 0 aliphatic rings. The molecular formula is C7H7F3N2O2. The van der Waals surface area contributed by atoms with Crippen LogP contribution in [-0.4, -0.2) is 22.8 Å². The molecule has 0 fully saturated rings. The van der Waals surface area contributed by atoms with Gasteiger partial charge in [-0.15, -0.1) is 0 Å². The van der Waals surface area contributed by atoms with Gasteiger partial charge in [-0.3, -0.25) is 4.79 Å². The van der Waals surface area contributed by atoms with E-state index in [-0.39, 0.29) is 5.88 Å². The number of hydrogen-bond acceptors (Lipinski definition) is 3. The van der Waals surface area contributed by atoms with E-state index in [1.165, 1.54) is 12.4 Å². The van der Waals surface area contributed by atoms with Crippen molar-refractivity contribution in [2.45, 2.75) is 12.6 Å². The van der Waals surface area contributed by atoms with Gasteiger partial charge < -0.3 is 9.72 Å². The van der Waals surface area contributed by atoms with Gasteiger partial charge in [0, 0.05) is 12.4 Å². The van der Waals surface area contributed by atoms with E-state index in [9.17, 15) is 18.0 Å². The SMILES string of the molecule is O=c1[nH]ccnc1OCCC(F)(F)F. The van der Waals surface area contributed by atoms with Crippen LogP contribution in [-0.2, 0) is 0 Å². The van der Waals surface area contributed by atoms with Gasteiger partial charge in [0.1, 0.15) is 0 Å². The fraction of sp³-hybridized carbons (Fsp3) is 0.429. The van der Waals surface area contributed by atoms with E-state index in [2.05, 4.69) is 14.7 Å². The zero-order valence-corrected chi connectivity index (χ0v) is 6.97. The van der Waals surface area contributed by atoms with E-state index in [0.717, 1.165) is 0 Å². The second-order valence-corrected chi connectivity index (χ2v) is 2.44. The highest BCUT2D eigenvalue weighted by Gasteiger charge is 2.27. The second kappa shape index (κ2) is 4.12. The number of alkyl halides is 3. The average Bonchev–Trinajstić information content (AvgIpc) is 2.06. The lowest BCUT2D eigenvalue weighted by Crippen LogP contribution is -2.17. The first-order valence-corrected chi connectivity index (χ1v) is 3.72. The molecule has 0 aliphatic carbocycles. The highest BCUT2D eigenvalue weighted by molar-refractivity contribution is 5.01. The molecule has 0 spiro atoms. The normalized spacial score (nSPS) is 11.4. The van der Waals surface area contributed by atoms with Crippen molar-refractivity contribution >= 4 is 0 Å². The molecular weight excluding hydrogens is 201 g/mol. The van der Waals surface area contributed by atoms with E-state index >= 15 is 0 Å². The number of hydrogen-bond donors (Lipinski definition) is 1. The Morgan fingerprint density at radius 3 is 2.79 bits per heavy atom. The number of nitrogens with zero attached hydrogens (tertiary/aromatic N) is 1. The fourth-order valence-corrected chi connectivity index (χ4v) is 0.705. The van der Waals surface area contributed by atoms with Crippen LogP contribution in [0.1, 0.15) is 6.42 Å². The monoisotopic (exact) mass is 208 g/mol. The molecule has 0 unspecified atom stereocenters. The standard InChI is InChI=1S/C7H7F3N2O2/c8-7(9,10)1-4-14-6-5(13)11-2-3-12-6/h2-3H,1,4H2,(H,11,13).